The van der Waals surface area contributed by atoms with Crippen LogP contribution in [0.2, 0.25) is 0 Å². The Morgan fingerprint density at radius 3 is 2.64 bits per heavy atom. The fourth-order valence-electron chi connectivity index (χ4n) is 1.70. The highest BCUT2D eigenvalue weighted by atomic mass is 16.6. The quantitative estimate of drug-likeness (QED) is 0.351. The van der Waals surface area contributed by atoms with E-state index in [1.54, 1.807) is 13.8 Å². The van der Waals surface area contributed by atoms with Crippen LogP contribution < -0.4 is 4.74 Å². The summed E-state index contributed by atoms with van der Waals surface area (Å²) in [7, 11) is 0. The minimum atomic E-state index is -0.781. The smallest absolute Gasteiger partial charge is 0.313 e. The van der Waals surface area contributed by atoms with Crippen molar-refractivity contribution in [2.24, 2.45) is 0 Å². The first-order chi connectivity index (χ1) is 10.4. The molecule has 1 rings (SSSR count). The van der Waals surface area contributed by atoms with Gasteiger partial charge in [-0.05, 0) is 25.5 Å². The second-order valence-electron chi connectivity index (χ2n) is 4.41. The molecule has 8 heteroatoms. The van der Waals surface area contributed by atoms with E-state index in [0.717, 1.165) is 0 Å². The maximum Gasteiger partial charge on any atom is 0.313 e. The second kappa shape index (κ2) is 8.08. The molecule has 0 radical (unpaired) electrons. The second-order valence-corrected chi connectivity index (χ2v) is 4.41. The third-order valence-electron chi connectivity index (χ3n) is 2.86. The first-order valence-electron chi connectivity index (χ1n) is 6.67. The van der Waals surface area contributed by atoms with Crippen molar-refractivity contribution in [3.63, 3.8) is 0 Å². The number of nitro benzene ring substituents is 1. The van der Waals surface area contributed by atoms with Crippen LogP contribution in [0.4, 0.5) is 5.69 Å². The van der Waals surface area contributed by atoms with Crippen molar-refractivity contribution in [1.29, 1.82) is 0 Å². The summed E-state index contributed by atoms with van der Waals surface area (Å²) in [5.41, 5.74) is -0.0490. The Morgan fingerprint density at radius 1 is 1.41 bits per heavy atom. The normalized spacial score (nSPS) is 11.6. The Morgan fingerprint density at radius 2 is 2.09 bits per heavy atom. The molecule has 0 aliphatic heterocycles. The molecule has 22 heavy (non-hydrogen) atoms. The molecule has 8 nitrogen and oxygen atoms in total. The van der Waals surface area contributed by atoms with E-state index in [-0.39, 0.29) is 18.8 Å². The van der Waals surface area contributed by atoms with Gasteiger partial charge in [-0.15, -0.1) is 0 Å². The van der Waals surface area contributed by atoms with Gasteiger partial charge in [-0.25, -0.2) is 0 Å². The molecule has 0 aromatic heterocycles. The van der Waals surface area contributed by atoms with Gasteiger partial charge in [0.2, 0.25) is 5.75 Å². The molecule has 0 aliphatic carbocycles. The molecule has 0 aliphatic rings. The van der Waals surface area contributed by atoms with Crippen LogP contribution in [-0.2, 0) is 14.3 Å². The average Bonchev–Trinajstić information content (AvgIpc) is 2.47. The lowest BCUT2D eigenvalue weighted by Gasteiger charge is -2.12. The zero-order chi connectivity index (χ0) is 16.7. The van der Waals surface area contributed by atoms with E-state index in [2.05, 4.69) is 0 Å². The van der Waals surface area contributed by atoms with E-state index in [4.69, 9.17) is 14.6 Å². The molecule has 120 valence electrons. The van der Waals surface area contributed by atoms with Crippen molar-refractivity contribution >= 4 is 17.6 Å². The predicted molar refractivity (Wildman–Crippen MR) is 75.5 cm³/mol. The number of nitrogens with zero attached hydrogens (tertiary/aromatic N) is 1. The predicted octanol–water partition coefficient (Wildman–Crippen LogP) is 1.55. The summed E-state index contributed by atoms with van der Waals surface area (Å²) in [5, 5.41) is 19.7. The van der Waals surface area contributed by atoms with Gasteiger partial charge in [0.15, 0.2) is 0 Å². The first-order valence-corrected chi connectivity index (χ1v) is 6.67. The minimum absolute atomic E-state index is 0.210. The van der Waals surface area contributed by atoms with Crippen LogP contribution in [0.15, 0.2) is 18.2 Å². The van der Waals surface area contributed by atoms with Gasteiger partial charge in [0.25, 0.3) is 0 Å². The van der Waals surface area contributed by atoms with Crippen LogP contribution in [0.3, 0.4) is 0 Å². The number of benzene rings is 1. The monoisotopic (exact) mass is 311 g/mol. The molecular weight excluding hydrogens is 294 g/mol. The highest BCUT2D eigenvalue weighted by molar-refractivity contribution is 5.79. The molecule has 0 saturated heterocycles. The maximum absolute atomic E-state index is 11.7. The van der Waals surface area contributed by atoms with Gasteiger partial charge in [-0.2, -0.15) is 0 Å². The standard InChI is InChI=1S/C14H17NO7/c1-3-21-14(18)9(2)10-4-5-12(11(8-10)15(19)20)22-13(17)6-7-16/h4-5,8-9,16H,3,6-7H2,1-2H3. The zero-order valence-corrected chi connectivity index (χ0v) is 12.3. The highest BCUT2D eigenvalue weighted by Crippen LogP contribution is 2.31. The minimum Gasteiger partial charge on any atom is -0.466 e. The molecule has 0 heterocycles. The van der Waals surface area contributed by atoms with Crippen LogP contribution >= 0.6 is 0 Å². The molecule has 0 saturated carbocycles. The molecule has 1 N–H and O–H groups in total. The summed E-state index contributed by atoms with van der Waals surface area (Å²) in [6, 6.07) is 3.87. The third-order valence-corrected chi connectivity index (χ3v) is 2.86. The van der Waals surface area contributed by atoms with Crippen LogP contribution in [-0.4, -0.2) is 35.2 Å². The third kappa shape index (κ3) is 4.52. The Hall–Kier alpha value is -2.48. The fraction of sp³-hybridized carbons (Fsp3) is 0.429. The molecule has 1 unspecified atom stereocenters. The van der Waals surface area contributed by atoms with Gasteiger partial charge < -0.3 is 14.6 Å². The van der Waals surface area contributed by atoms with Crippen molar-refractivity contribution in [3.05, 3.63) is 33.9 Å². The summed E-state index contributed by atoms with van der Waals surface area (Å²) in [6.45, 7) is 3.03. The van der Waals surface area contributed by atoms with E-state index in [1.807, 2.05) is 0 Å². The lowest BCUT2D eigenvalue weighted by molar-refractivity contribution is -0.385. The average molecular weight is 311 g/mol. The number of esters is 2. The number of aliphatic hydroxyl groups excluding tert-OH is 1. The van der Waals surface area contributed by atoms with Gasteiger partial charge >= 0.3 is 17.6 Å². The number of ether oxygens (including phenoxy) is 2. The number of carbonyl (C=O) groups is 2. The van der Waals surface area contributed by atoms with E-state index in [0.29, 0.717) is 5.56 Å². The molecule has 0 fully saturated rings. The summed E-state index contributed by atoms with van der Waals surface area (Å²) < 4.78 is 9.70. The first kappa shape index (κ1) is 17.6. The van der Waals surface area contributed by atoms with Gasteiger partial charge in [0.05, 0.1) is 30.5 Å². The highest BCUT2D eigenvalue weighted by Gasteiger charge is 2.23. The van der Waals surface area contributed by atoms with E-state index in [1.165, 1.54) is 18.2 Å². The SMILES string of the molecule is CCOC(=O)C(C)c1ccc(OC(=O)CCO)c([N+](=O)[O-])c1. The van der Waals surface area contributed by atoms with Crippen molar-refractivity contribution < 1.29 is 29.1 Å². The summed E-state index contributed by atoms with van der Waals surface area (Å²) in [4.78, 5) is 33.4. The molecule has 1 aromatic carbocycles. The Bertz CT molecular complexity index is 570. The van der Waals surface area contributed by atoms with Crippen LogP contribution in [0.25, 0.3) is 0 Å². The molecule has 1 atom stereocenters. The van der Waals surface area contributed by atoms with Crippen LogP contribution in [0.5, 0.6) is 5.75 Å². The van der Waals surface area contributed by atoms with Crippen LogP contribution in [0.1, 0.15) is 31.7 Å². The van der Waals surface area contributed by atoms with Gasteiger partial charge in [0, 0.05) is 6.07 Å². The van der Waals surface area contributed by atoms with Crippen molar-refractivity contribution in [3.8, 4) is 5.75 Å². The largest absolute Gasteiger partial charge is 0.466 e. The van der Waals surface area contributed by atoms with E-state index >= 15 is 0 Å². The number of aliphatic hydroxyl groups is 1. The Balaban J connectivity index is 3.06. The summed E-state index contributed by atoms with van der Waals surface area (Å²) >= 11 is 0. The Kier molecular flexibility index (Phi) is 6.46. The lowest BCUT2D eigenvalue weighted by atomic mass is 10.0. The number of rotatable bonds is 7. The molecule has 1 aromatic rings. The van der Waals surface area contributed by atoms with Gasteiger partial charge in [-0.1, -0.05) is 6.07 Å². The Labute approximate surface area is 126 Å². The topological polar surface area (TPSA) is 116 Å². The molecule has 0 amide bonds. The van der Waals surface area contributed by atoms with Gasteiger partial charge in [-0.3, -0.25) is 19.7 Å². The zero-order valence-electron chi connectivity index (χ0n) is 12.3. The van der Waals surface area contributed by atoms with Crippen molar-refractivity contribution in [2.45, 2.75) is 26.2 Å². The van der Waals surface area contributed by atoms with Crippen molar-refractivity contribution in [2.75, 3.05) is 13.2 Å². The number of carbonyl (C=O) groups excluding carboxylic acids is 2. The maximum atomic E-state index is 11.7. The number of hydrogen-bond acceptors (Lipinski definition) is 7. The van der Waals surface area contributed by atoms with Gasteiger partial charge in [0.1, 0.15) is 0 Å². The number of nitro groups is 1. The fourth-order valence-corrected chi connectivity index (χ4v) is 1.70. The summed E-state index contributed by atoms with van der Waals surface area (Å²) in [5.74, 6) is -2.19. The molecule has 0 bridgehead atoms. The van der Waals surface area contributed by atoms with Crippen molar-refractivity contribution in [1.82, 2.24) is 0 Å². The molecular formula is C14H17NO7. The molecule has 0 spiro atoms. The van der Waals surface area contributed by atoms with Crippen LogP contribution in [0, 0.1) is 10.1 Å². The van der Waals surface area contributed by atoms with E-state index < -0.39 is 35.1 Å². The van der Waals surface area contributed by atoms with E-state index in [9.17, 15) is 19.7 Å². The summed E-state index contributed by atoms with van der Waals surface area (Å²) in [6.07, 6.45) is -0.266. The lowest BCUT2D eigenvalue weighted by Crippen LogP contribution is -2.14. The number of hydrogen-bond donors (Lipinski definition) is 1.